The van der Waals surface area contributed by atoms with Crippen molar-refractivity contribution in [2.24, 2.45) is 4.99 Å². The second-order valence-electron chi connectivity index (χ2n) is 8.22. The van der Waals surface area contributed by atoms with E-state index in [9.17, 15) is 14.4 Å². The van der Waals surface area contributed by atoms with E-state index in [1.54, 1.807) is 42.7 Å². The van der Waals surface area contributed by atoms with Gasteiger partial charge in [0, 0.05) is 6.92 Å². The van der Waals surface area contributed by atoms with Gasteiger partial charge in [-0.2, -0.15) is 0 Å². The quantitative estimate of drug-likeness (QED) is 0.377. The van der Waals surface area contributed by atoms with Gasteiger partial charge in [0.05, 0.1) is 35.6 Å². The molecule has 186 valence electrons. The van der Waals surface area contributed by atoms with Crippen LogP contribution >= 0.6 is 11.3 Å². The number of nitrogens with zero attached hydrogens (tertiary/aromatic N) is 2. The number of carbonyl (C=O) groups is 2. The second-order valence-corrected chi connectivity index (χ2v) is 9.23. The normalized spacial score (nSPS) is 15.2. The summed E-state index contributed by atoms with van der Waals surface area (Å²) in [5.74, 6) is -0.301. The van der Waals surface area contributed by atoms with E-state index in [1.165, 1.54) is 25.4 Å². The molecule has 8 nitrogen and oxygen atoms in total. The molecule has 0 saturated heterocycles. The standard InChI is InChI=1S/C27H26N2O6S/c1-6-34-26(32)23-16(3)28-27-29(24(23)19-10-7-15(2)8-11-19)25(31)22(36-27)14-18-9-12-20(35-17(4)30)21(13-18)33-5/h7-14,24H,6H2,1-5H3/b22-14+/t24-/m0/s1. The summed E-state index contributed by atoms with van der Waals surface area (Å²) in [6, 6.07) is 12.1. The zero-order valence-corrected chi connectivity index (χ0v) is 21.5. The van der Waals surface area contributed by atoms with E-state index in [2.05, 4.69) is 4.99 Å². The van der Waals surface area contributed by atoms with E-state index in [0.717, 1.165) is 11.1 Å². The number of ether oxygens (including phenoxy) is 3. The average Bonchev–Trinajstić information content (AvgIpc) is 3.13. The Morgan fingerprint density at radius 2 is 1.83 bits per heavy atom. The molecule has 0 unspecified atom stereocenters. The number of rotatable bonds is 6. The van der Waals surface area contributed by atoms with Crippen LogP contribution in [0.15, 0.2) is 63.5 Å². The van der Waals surface area contributed by atoms with Crippen molar-refractivity contribution >= 4 is 29.4 Å². The number of thiazole rings is 1. The molecule has 1 atom stereocenters. The molecule has 0 amide bonds. The van der Waals surface area contributed by atoms with Crippen molar-refractivity contribution < 1.29 is 23.8 Å². The second kappa shape index (κ2) is 10.3. The zero-order chi connectivity index (χ0) is 26.0. The highest BCUT2D eigenvalue weighted by molar-refractivity contribution is 7.07. The summed E-state index contributed by atoms with van der Waals surface area (Å²) in [5.41, 5.74) is 3.11. The molecule has 1 aromatic heterocycles. The largest absolute Gasteiger partial charge is 0.493 e. The van der Waals surface area contributed by atoms with E-state index >= 15 is 0 Å². The van der Waals surface area contributed by atoms with Gasteiger partial charge >= 0.3 is 11.9 Å². The third kappa shape index (κ3) is 4.87. The van der Waals surface area contributed by atoms with Crippen LogP contribution < -0.4 is 24.4 Å². The lowest BCUT2D eigenvalue weighted by Crippen LogP contribution is -2.39. The van der Waals surface area contributed by atoms with Crippen molar-refractivity contribution in [2.75, 3.05) is 13.7 Å². The fourth-order valence-electron chi connectivity index (χ4n) is 4.02. The minimum Gasteiger partial charge on any atom is -0.493 e. The number of hydrogen-bond donors (Lipinski definition) is 0. The van der Waals surface area contributed by atoms with Crippen molar-refractivity contribution in [1.29, 1.82) is 0 Å². The SMILES string of the molecule is CCOC(=O)C1=C(C)N=c2s/c(=C/c3ccc(OC(C)=O)c(OC)c3)c(=O)n2[C@H]1c1ccc(C)cc1. The molecular formula is C27H26N2O6S. The Hall–Kier alpha value is -3.98. The Labute approximate surface area is 211 Å². The first-order chi connectivity index (χ1) is 17.2. The number of carbonyl (C=O) groups excluding carboxylic acids is 2. The van der Waals surface area contributed by atoms with Crippen LogP contribution in [0.4, 0.5) is 0 Å². The lowest BCUT2D eigenvalue weighted by atomic mass is 9.95. The number of fused-ring (bicyclic) bond motifs is 1. The number of aryl methyl sites for hydroxylation is 1. The third-order valence-electron chi connectivity index (χ3n) is 5.65. The molecule has 9 heteroatoms. The lowest BCUT2D eigenvalue weighted by Gasteiger charge is -2.24. The summed E-state index contributed by atoms with van der Waals surface area (Å²) < 4.78 is 17.8. The van der Waals surface area contributed by atoms with Crippen LogP contribution in [0.1, 0.15) is 43.5 Å². The zero-order valence-electron chi connectivity index (χ0n) is 20.7. The predicted molar refractivity (Wildman–Crippen MR) is 136 cm³/mol. The van der Waals surface area contributed by atoms with Crippen LogP contribution in [0.2, 0.25) is 0 Å². The fourth-order valence-corrected chi connectivity index (χ4v) is 5.07. The maximum atomic E-state index is 13.7. The van der Waals surface area contributed by atoms with Crippen LogP contribution in [0.3, 0.4) is 0 Å². The van der Waals surface area contributed by atoms with Gasteiger partial charge in [-0.1, -0.05) is 47.2 Å². The van der Waals surface area contributed by atoms with E-state index in [4.69, 9.17) is 14.2 Å². The Balaban J connectivity index is 1.89. The Kier molecular flexibility index (Phi) is 7.21. The van der Waals surface area contributed by atoms with Crippen LogP contribution in [-0.2, 0) is 14.3 Å². The lowest BCUT2D eigenvalue weighted by molar-refractivity contribution is -0.139. The molecule has 0 saturated carbocycles. The molecule has 0 radical (unpaired) electrons. The van der Waals surface area contributed by atoms with Gasteiger partial charge in [-0.25, -0.2) is 9.79 Å². The fraction of sp³-hybridized carbons (Fsp3) is 0.259. The third-order valence-corrected chi connectivity index (χ3v) is 6.63. The van der Waals surface area contributed by atoms with Crippen LogP contribution in [0.25, 0.3) is 6.08 Å². The van der Waals surface area contributed by atoms with Crippen molar-refractivity contribution in [1.82, 2.24) is 4.57 Å². The molecule has 0 fully saturated rings. The minimum absolute atomic E-state index is 0.214. The van der Waals surface area contributed by atoms with Gasteiger partial charge in [0.2, 0.25) is 0 Å². The maximum absolute atomic E-state index is 13.7. The number of methoxy groups -OCH3 is 1. The van der Waals surface area contributed by atoms with Gasteiger partial charge in [0.1, 0.15) is 0 Å². The first-order valence-corrected chi connectivity index (χ1v) is 12.2. The topological polar surface area (TPSA) is 96.2 Å². The molecule has 0 aliphatic carbocycles. The molecular weight excluding hydrogens is 480 g/mol. The molecule has 1 aliphatic heterocycles. The van der Waals surface area contributed by atoms with Crippen LogP contribution in [0.5, 0.6) is 11.5 Å². The minimum atomic E-state index is -0.663. The van der Waals surface area contributed by atoms with Gasteiger partial charge in [0.15, 0.2) is 16.3 Å². The average molecular weight is 507 g/mol. The van der Waals surface area contributed by atoms with Crippen molar-refractivity contribution in [3.8, 4) is 11.5 Å². The molecule has 0 spiro atoms. The summed E-state index contributed by atoms with van der Waals surface area (Å²) in [4.78, 5) is 43.0. The van der Waals surface area contributed by atoms with Gasteiger partial charge in [-0.15, -0.1) is 0 Å². The number of benzene rings is 2. The Morgan fingerprint density at radius 1 is 1.11 bits per heavy atom. The van der Waals surface area contributed by atoms with Crippen LogP contribution in [0, 0.1) is 6.92 Å². The number of hydrogen-bond acceptors (Lipinski definition) is 8. The van der Waals surface area contributed by atoms with Gasteiger partial charge < -0.3 is 14.2 Å². The Bertz CT molecular complexity index is 1550. The molecule has 2 heterocycles. The van der Waals surface area contributed by atoms with Gasteiger partial charge in [0.25, 0.3) is 5.56 Å². The molecule has 36 heavy (non-hydrogen) atoms. The molecule has 2 aromatic carbocycles. The van der Waals surface area contributed by atoms with Crippen molar-refractivity contribution in [3.05, 3.63) is 90.1 Å². The summed E-state index contributed by atoms with van der Waals surface area (Å²) in [6.07, 6.45) is 1.72. The highest BCUT2D eigenvalue weighted by atomic mass is 32.1. The predicted octanol–water partition coefficient (Wildman–Crippen LogP) is 3.04. The number of aromatic nitrogens is 1. The molecule has 3 aromatic rings. The number of esters is 2. The first-order valence-electron chi connectivity index (χ1n) is 11.4. The first kappa shape index (κ1) is 25.1. The van der Waals surface area contributed by atoms with E-state index in [1.807, 2.05) is 31.2 Å². The monoisotopic (exact) mass is 506 g/mol. The smallest absolute Gasteiger partial charge is 0.338 e. The van der Waals surface area contributed by atoms with E-state index in [-0.39, 0.29) is 17.9 Å². The Morgan fingerprint density at radius 3 is 2.47 bits per heavy atom. The molecule has 4 rings (SSSR count). The molecule has 0 bridgehead atoms. The highest BCUT2D eigenvalue weighted by Gasteiger charge is 2.33. The van der Waals surface area contributed by atoms with E-state index in [0.29, 0.717) is 31.9 Å². The van der Waals surface area contributed by atoms with Crippen molar-refractivity contribution in [2.45, 2.75) is 33.7 Å². The van der Waals surface area contributed by atoms with E-state index < -0.39 is 18.0 Å². The number of allylic oxidation sites excluding steroid dienone is 1. The summed E-state index contributed by atoms with van der Waals surface area (Å²) >= 11 is 1.23. The van der Waals surface area contributed by atoms with Crippen molar-refractivity contribution in [3.63, 3.8) is 0 Å². The van der Waals surface area contributed by atoms with Gasteiger partial charge in [-0.3, -0.25) is 14.2 Å². The summed E-state index contributed by atoms with van der Waals surface area (Å²) in [6.45, 7) is 6.99. The maximum Gasteiger partial charge on any atom is 0.338 e. The molecule has 1 aliphatic rings. The summed E-state index contributed by atoms with van der Waals surface area (Å²) in [5, 5.41) is 0. The van der Waals surface area contributed by atoms with Gasteiger partial charge in [-0.05, 0) is 50.1 Å². The summed E-state index contributed by atoms with van der Waals surface area (Å²) in [7, 11) is 1.47. The van der Waals surface area contributed by atoms with Crippen LogP contribution in [-0.4, -0.2) is 30.2 Å². The highest BCUT2D eigenvalue weighted by Crippen LogP contribution is 2.31. The molecule has 0 N–H and O–H groups in total.